The molecule has 160 valence electrons. The molecule has 30 heavy (non-hydrogen) atoms. The van der Waals surface area contributed by atoms with Gasteiger partial charge < -0.3 is 18.4 Å². The smallest absolute Gasteiger partial charge is 0.380 e. The van der Waals surface area contributed by atoms with Crippen LogP contribution in [-0.2, 0) is 16.7 Å². The summed E-state index contributed by atoms with van der Waals surface area (Å²) in [5.41, 5.74) is 0.930. The van der Waals surface area contributed by atoms with Crippen molar-refractivity contribution in [2.45, 2.75) is 6.42 Å². The van der Waals surface area contributed by atoms with E-state index in [1.54, 1.807) is 6.07 Å². The first-order valence-electron chi connectivity index (χ1n) is 8.69. The van der Waals surface area contributed by atoms with Crippen molar-refractivity contribution in [2.24, 2.45) is 5.14 Å². The molecule has 0 aliphatic carbocycles. The van der Waals surface area contributed by atoms with E-state index < -0.39 is 22.1 Å². The van der Waals surface area contributed by atoms with Gasteiger partial charge >= 0.3 is 10.3 Å². The molecule has 11 heteroatoms. The van der Waals surface area contributed by atoms with E-state index in [1.165, 1.54) is 45.6 Å². The number of benzene rings is 2. The Bertz CT molecular complexity index is 1090. The second kappa shape index (κ2) is 8.20. The first-order chi connectivity index (χ1) is 14.2. The Morgan fingerprint density at radius 2 is 1.60 bits per heavy atom. The van der Waals surface area contributed by atoms with Gasteiger partial charge in [-0.15, -0.1) is 0 Å². The Morgan fingerprint density at radius 1 is 0.967 bits per heavy atom. The summed E-state index contributed by atoms with van der Waals surface area (Å²) in [6, 6.07) is 7.33. The van der Waals surface area contributed by atoms with Crippen LogP contribution in [-0.4, -0.2) is 53.0 Å². The Labute approximate surface area is 173 Å². The number of carbonyl (C=O) groups excluding carboxylic acids is 2. The van der Waals surface area contributed by atoms with Gasteiger partial charge in [-0.3, -0.25) is 14.5 Å². The average molecular weight is 436 g/mol. The molecule has 0 aromatic heterocycles. The van der Waals surface area contributed by atoms with Gasteiger partial charge in [0, 0.05) is 23.7 Å². The maximum Gasteiger partial charge on any atom is 0.380 e. The predicted octanol–water partition coefficient (Wildman–Crippen LogP) is 1.13. The molecule has 3 rings (SSSR count). The average Bonchev–Trinajstić information content (AvgIpc) is 2.71. The molecule has 0 atom stereocenters. The van der Waals surface area contributed by atoms with Gasteiger partial charge in [-0.2, -0.15) is 13.6 Å². The molecule has 0 spiro atoms. The molecule has 0 unspecified atom stereocenters. The highest BCUT2D eigenvalue weighted by Crippen LogP contribution is 2.34. The summed E-state index contributed by atoms with van der Waals surface area (Å²) in [6.07, 6.45) is 0.291. The third kappa shape index (κ3) is 4.31. The fourth-order valence-electron chi connectivity index (χ4n) is 3.12. The lowest BCUT2D eigenvalue weighted by atomic mass is 9.97. The number of ether oxygens (including phenoxy) is 3. The van der Waals surface area contributed by atoms with E-state index in [-0.39, 0.29) is 29.2 Å². The van der Waals surface area contributed by atoms with Crippen LogP contribution >= 0.6 is 0 Å². The van der Waals surface area contributed by atoms with E-state index in [0.29, 0.717) is 23.5 Å². The molecule has 10 nitrogen and oxygen atoms in total. The molecule has 0 saturated heterocycles. The van der Waals surface area contributed by atoms with Crippen molar-refractivity contribution >= 4 is 22.1 Å². The fourth-order valence-corrected chi connectivity index (χ4v) is 3.50. The van der Waals surface area contributed by atoms with Crippen molar-refractivity contribution in [3.63, 3.8) is 0 Å². The maximum atomic E-state index is 13.0. The third-order valence-electron chi connectivity index (χ3n) is 4.52. The summed E-state index contributed by atoms with van der Waals surface area (Å²) in [5.74, 6) is -0.393. The molecule has 0 fully saturated rings. The highest BCUT2D eigenvalue weighted by atomic mass is 32.2. The van der Waals surface area contributed by atoms with Gasteiger partial charge in [0.05, 0.1) is 21.3 Å². The van der Waals surface area contributed by atoms with Gasteiger partial charge in [0.15, 0.2) is 11.5 Å². The molecular formula is C19H20N2O8S. The first-order valence-corrected chi connectivity index (χ1v) is 10.2. The number of nitrogens with zero attached hydrogens (tertiary/aromatic N) is 1. The number of rotatable bonds is 6. The van der Waals surface area contributed by atoms with E-state index in [0.717, 1.165) is 4.90 Å². The maximum absolute atomic E-state index is 13.0. The molecular weight excluding hydrogens is 416 g/mol. The van der Waals surface area contributed by atoms with Crippen LogP contribution in [0.4, 0.5) is 0 Å². The number of hydrogen-bond acceptors (Lipinski definition) is 8. The van der Waals surface area contributed by atoms with Crippen LogP contribution in [0.2, 0.25) is 0 Å². The lowest BCUT2D eigenvalue weighted by Gasteiger charge is -2.28. The van der Waals surface area contributed by atoms with Gasteiger partial charge in [-0.25, -0.2) is 0 Å². The van der Waals surface area contributed by atoms with E-state index in [1.807, 2.05) is 0 Å². The fraction of sp³-hybridized carbons (Fsp3) is 0.263. The summed E-state index contributed by atoms with van der Waals surface area (Å²) in [7, 11) is -0.0741. The highest BCUT2D eigenvalue weighted by Gasteiger charge is 2.32. The van der Waals surface area contributed by atoms with Crippen molar-refractivity contribution in [2.75, 3.05) is 27.9 Å². The molecule has 1 aliphatic heterocycles. The van der Waals surface area contributed by atoms with Gasteiger partial charge in [-0.1, -0.05) is 0 Å². The van der Waals surface area contributed by atoms with E-state index >= 15 is 0 Å². The summed E-state index contributed by atoms with van der Waals surface area (Å²) >= 11 is 0. The van der Waals surface area contributed by atoms with Crippen LogP contribution in [0, 0.1) is 0 Å². The summed E-state index contributed by atoms with van der Waals surface area (Å²) < 4.78 is 42.7. The van der Waals surface area contributed by atoms with Gasteiger partial charge in [0.25, 0.3) is 11.8 Å². The Hall–Kier alpha value is -3.31. The molecule has 1 heterocycles. The van der Waals surface area contributed by atoms with Crippen molar-refractivity contribution < 1.29 is 36.4 Å². The molecule has 2 aromatic carbocycles. The quantitative estimate of drug-likeness (QED) is 0.666. The SMILES string of the molecule is COc1cc(OC)cc(C(=O)N2CCc3cc(OS(N)(=O)=O)c(OC)cc3C2=O)c1. The minimum absolute atomic E-state index is 0.00604. The standard InChI is InChI=1S/C19H20N2O8S/c1-26-13-6-12(7-14(9-13)27-2)18(22)21-5-4-11-8-17(29-30(20,24)25)16(28-3)10-15(11)19(21)23/h6-10H,4-5H2,1-3H3,(H2,20,24,25). The molecule has 2 aromatic rings. The van der Waals surface area contributed by atoms with Gasteiger partial charge in [-0.05, 0) is 36.2 Å². The van der Waals surface area contributed by atoms with Crippen LogP contribution in [0.5, 0.6) is 23.0 Å². The van der Waals surface area contributed by atoms with Crippen LogP contribution in [0.15, 0.2) is 30.3 Å². The Balaban J connectivity index is 1.96. The Kier molecular flexibility index (Phi) is 5.85. The number of hydrogen-bond donors (Lipinski definition) is 1. The number of nitrogens with two attached hydrogens (primary N) is 1. The zero-order valence-electron chi connectivity index (χ0n) is 16.5. The van der Waals surface area contributed by atoms with Crippen LogP contribution < -0.4 is 23.5 Å². The largest absolute Gasteiger partial charge is 0.497 e. The van der Waals surface area contributed by atoms with Crippen LogP contribution in [0.3, 0.4) is 0 Å². The second-order valence-electron chi connectivity index (χ2n) is 6.35. The molecule has 1 aliphatic rings. The highest BCUT2D eigenvalue weighted by molar-refractivity contribution is 7.84. The number of carbonyl (C=O) groups is 2. The number of fused-ring (bicyclic) bond motifs is 1. The first kappa shape index (κ1) is 21.4. The van der Waals surface area contributed by atoms with Crippen molar-refractivity contribution in [3.8, 4) is 23.0 Å². The molecule has 0 radical (unpaired) electrons. The third-order valence-corrected chi connectivity index (χ3v) is 4.93. The molecule has 0 saturated carbocycles. The zero-order valence-corrected chi connectivity index (χ0v) is 17.3. The number of imide groups is 1. The van der Waals surface area contributed by atoms with Crippen LogP contribution in [0.25, 0.3) is 0 Å². The summed E-state index contributed by atoms with van der Waals surface area (Å²) in [5, 5.41) is 4.92. The molecule has 2 N–H and O–H groups in total. The van der Waals surface area contributed by atoms with Crippen molar-refractivity contribution in [3.05, 3.63) is 47.0 Å². The van der Waals surface area contributed by atoms with Gasteiger partial charge in [0.2, 0.25) is 0 Å². The summed E-state index contributed by atoms with van der Waals surface area (Å²) in [6.45, 7) is 0.0886. The number of amides is 2. The minimum atomic E-state index is -4.28. The van der Waals surface area contributed by atoms with E-state index in [9.17, 15) is 18.0 Å². The van der Waals surface area contributed by atoms with E-state index in [2.05, 4.69) is 0 Å². The lowest BCUT2D eigenvalue weighted by Crippen LogP contribution is -2.42. The normalized spacial score (nSPS) is 13.5. The lowest BCUT2D eigenvalue weighted by molar-refractivity contribution is 0.0604. The van der Waals surface area contributed by atoms with Crippen molar-refractivity contribution in [1.29, 1.82) is 0 Å². The van der Waals surface area contributed by atoms with Crippen LogP contribution in [0.1, 0.15) is 26.3 Å². The number of methoxy groups -OCH3 is 3. The predicted molar refractivity (Wildman–Crippen MR) is 105 cm³/mol. The topological polar surface area (TPSA) is 134 Å². The second-order valence-corrected chi connectivity index (χ2v) is 7.50. The Morgan fingerprint density at radius 3 is 2.13 bits per heavy atom. The minimum Gasteiger partial charge on any atom is -0.497 e. The van der Waals surface area contributed by atoms with E-state index in [4.69, 9.17) is 23.5 Å². The molecule has 0 bridgehead atoms. The van der Waals surface area contributed by atoms with Crippen molar-refractivity contribution in [1.82, 2.24) is 4.90 Å². The monoisotopic (exact) mass is 436 g/mol. The van der Waals surface area contributed by atoms with Gasteiger partial charge in [0.1, 0.15) is 11.5 Å². The molecule has 2 amide bonds. The zero-order chi connectivity index (χ0) is 22.1. The summed E-state index contributed by atoms with van der Waals surface area (Å²) in [4.78, 5) is 27.1.